The molecule has 0 atom stereocenters. The molecule has 0 saturated heterocycles. The first-order valence-corrected chi connectivity index (χ1v) is 5.54. The molecule has 6 heteroatoms. The minimum absolute atomic E-state index is 0.161. The fourth-order valence-electron chi connectivity index (χ4n) is 1.34. The molecule has 1 aromatic carbocycles. The summed E-state index contributed by atoms with van der Waals surface area (Å²) in [7, 11) is 0. The molecule has 0 amide bonds. The van der Waals surface area contributed by atoms with Gasteiger partial charge in [0.05, 0.1) is 11.3 Å². The van der Waals surface area contributed by atoms with Gasteiger partial charge in [-0.15, -0.1) is 11.8 Å². The average molecular weight is 250 g/mol. The van der Waals surface area contributed by atoms with E-state index in [1.165, 1.54) is 13.2 Å². The highest BCUT2D eigenvalue weighted by atomic mass is 32.2. The lowest BCUT2D eigenvalue weighted by atomic mass is 10.0. The maximum Gasteiger partial charge on any atom is 0.307 e. The minimum Gasteiger partial charge on any atom is -0.481 e. The first-order chi connectivity index (χ1) is 7.40. The molecule has 0 aliphatic carbocycles. The zero-order chi connectivity index (χ0) is 12.5. The number of carboxylic acids is 1. The van der Waals surface area contributed by atoms with Gasteiger partial charge in [-0.3, -0.25) is 4.79 Å². The van der Waals surface area contributed by atoms with Gasteiger partial charge in [0.2, 0.25) is 0 Å². The molecular weight excluding hydrogens is 241 g/mol. The van der Waals surface area contributed by atoms with E-state index >= 15 is 0 Å². The fraction of sp³-hybridized carbons (Fsp3) is 0.300. The van der Waals surface area contributed by atoms with E-state index in [1.54, 1.807) is 0 Å². The van der Waals surface area contributed by atoms with Crippen LogP contribution in [0.1, 0.15) is 11.1 Å². The molecule has 88 valence electrons. The number of aliphatic carboxylic acids is 1. The highest BCUT2D eigenvalue weighted by Gasteiger charge is 2.23. The van der Waals surface area contributed by atoms with Gasteiger partial charge in [0.15, 0.2) is 11.6 Å². The van der Waals surface area contributed by atoms with Crippen molar-refractivity contribution >= 4 is 17.7 Å². The van der Waals surface area contributed by atoms with Gasteiger partial charge >= 0.3 is 5.97 Å². The summed E-state index contributed by atoms with van der Waals surface area (Å²) in [5.41, 5.74) is -0.606. The van der Waals surface area contributed by atoms with Crippen molar-refractivity contribution in [1.82, 2.24) is 0 Å². The summed E-state index contributed by atoms with van der Waals surface area (Å²) in [6.07, 6.45) is 0.678. The second-order valence-electron chi connectivity index (χ2n) is 3.15. The Balaban J connectivity index is 3.47. The van der Waals surface area contributed by atoms with E-state index in [0.717, 1.165) is 11.8 Å². The van der Waals surface area contributed by atoms with E-state index in [2.05, 4.69) is 0 Å². The second kappa shape index (κ2) is 4.78. The van der Waals surface area contributed by atoms with Crippen LogP contribution in [0.4, 0.5) is 13.2 Å². The lowest BCUT2D eigenvalue weighted by molar-refractivity contribution is -0.136. The van der Waals surface area contributed by atoms with Gasteiger partial charge in [0, 0.05) is 5.56 Å². The molecule has 0 saturated carbocycles. The molecule has 0 aliphatic heterocycles. The molecule has 1 rings (SSSR count). The molecule has 0 aliphatic rings. The van der Waals surface area contributed by atoms with Gasteiger partial charge in [-0.25, -0.2) is 13.2 Å². The summed E-state index contributed by atoms with van der Waals surface area (Å²) in [6.45, 7) is 1.23. The Hall–Kier alpha value is -1.17. The normalized spacial score (nSPS) is 10.6. The van der Waals surface area contributed by atoms with E-state index in [4.69, 9.17) is 5.11 Å². The van der Waals surface area contributed by atoms with Crippen LogP contribution in [0, 0.1) is 24.4 Å². The Morgan fingerprint density at radius 3 is 2.25 bits per heavy atom. The first kappa shape index (κ1) is 12.9. The SMILES string of the molecule is CSc1c(F)c(C)c(CC(=O)O)c(F)c1F. The Labute approximate surface area is 94.5 Å². The third kappa shape index (κ3) is 2.16. The number of halogens is 3. The van der Waals surface area contributed by atoms with Crippen molar-refractivity contribution in [3.63, 3.8) is 0 Å². The van der Waals surface area contributed by atoms with Gasteiger partial charge in [-0.2, -0.15) is 0 Å². The number of carboxylic acid groups (broad SMARTS) is 1. The minimum atomic E-state index is -1.34. The van der Waals surface area contributed by atoms with Crippen LogP contribution in [0.5, 0.6) is 0 Å². The van der Waals surface area contributed by atoms with Crippen molar-refractivity contribution in [1.29, 1.82) is 0 Å². The summed E-state index contributed by atoms with van der Waals surface area (Å²) >= 11 is 0.741. The fourth-order valence-corrected chi connectivity index (χ4v) is 1.94. The van der Waals surface area contributed by atoms with Crippen LogP contribution in [-0.2, 0) is 11.2 Å². The zero-order valence-electron chi connectivity index (χ0n) is 8.60. The van der Waals surface area contributed by atoms with Crippen molar-refractivity contribution in [2.75, 3.05) is 6.26 Å². The topological polar surface area (TPSA) is 37.3 Å². The Morgan fingerprint density at radius 2 is 1.81 bits per heavy atom. The molecule has 0 aromatic heterocycles. The highest BCUT2D eigenvalue weighted by molar-refractivity contribution is 7.98. The van der Waals surface area contributed by atoms with Crippen molar-refractivity contribution < 1.29 is 23.1 Å². The van der Waals surface area contributed by atoms with Gasteiger partial charge in [-0.1, -0.05) is 0 Å². The van der Waals surface area contributed by atoms with Crippen LogP contribution in [-0.4, -0.2) is 17.3 Å². The Bertz CT molecular complexity index is 417. The maximum atomic E-state index is 13.5. The molecule has 16 heavy (non-hydrogen) atoms. The van der Waals surface area contributed by atoms with Crippen molar-refractivity contribution in [2.24, 2.45) is 0 Å². The smallest absolute Gasteiger partial charge is 0.307 e. The number of hydrogen-bond donors (Lipinski definition) is 1. The van der Waals surface area contributed by atoms with E-state index in [9.17, 15) is 18.0 Å². The average Bonchev–Trinajstić information content (AvgIpc) is 2.22. The summed E-state index contributed by atoms with van der Waals surface area (Å²) in [5, 5.41) is 8.51. The summed E-state index contributed by atoms with van der Waals surface area (Å²) in [6, 6.07) is 0. The Morgan fingerprint density at radius 1 is 1.25 bits per heavy atom. The van der Waals surface area contributed by atoms with Crippen LogP contribution in [0.2, 0.25) is 0 Å². The van der Waals surface area contributed by atoms with Crippen LogP contribution >= 0.6 is 11.8 Å². The van der Waals surface area contributed by atoms with E-state index in [1.807, 2.05) is 0 Å². The molecule has 2 nitrogen and oxygen atoms in total. The summed E-state index contributed by atoms with van der Waals surface area (Å²) in [4.78, 5) is 10.0. The van der Waals surface area contributed by atoms with Crippen LogP contribution in [0.3, 0.4) is 0 Å². The number of thioether (sulfide) groups is 1. The molecule has 0 spiro atoms. The molecule has 0 heterocycles. The third-order valence-electron chi connectivity index (χ3n) is 2.17. The second-order valence-corrected chi connectivity index (χ2v) is 3.97. The molecule has 0 unspecified atom stereocenters. The molecule has 1 aromatic rings. The van der Waals surface area contributed by atoms with Gasteiger partial charge in [0.25, 0.3) is 0 Å². The lowest BCUT2D eigenvalue weighted by Crippen LogP contribution is -2.09. The van der Waals surface area contributed by atoms with E-state index in [-0.39, 0.29) is 5.56 Å². The zero-order valence-corrected chi connectivity index (χ0v) is 9.42. The van der Waals surface area contributed by atoms with Gasteiger partial charge in [0.1, 0.15) is 5.82 Å². The monoisotopic (exact) mass is 250 g/mol. The lowest BCUT2D eigenvalue weighted by Gasteiger charge is -2.11. The summed E-state index contributed by atoms with van der Waals surface area (Å²) in [5.74, 6) is -4.85. The van der Waals surface area contributed by atoms with Crippen molar-refractivity contribution in [2.45, 2.75) is 18.2 Å². The quantitative estimate of drug-likeness (QED) is 0.662. The van der Waals surface area contributed by atoms with Crippen LogP contribution in [0.25, 0.3) is 0 Å². The number of rotatable bonds is 3. The summed E-state index contributed by atoms with van der Waals surface area (Å²) < 4.78 is 40.3. The van der Waals surface area contributed by atoms with Crippen molar-refractivity contribution in [3.05, 3.63) is 28.6 Å². The van der Waals surface area contributed by atoms with Crippen molar-refractivity contribution in [3.8, 4) is 0 Å². The van der Waals surface area contributed by atoms with E-state index < -0.39 is 40.3 Å². The molecule has 0 bridgehead atoms. The highest BCUT2D eigenvalue weighted by Crippen LogP contribution is 2.30. The Kier molecular flexibility index (Phi) is 3.85. The molecule has 0 radical (unpaired) electrons. The van der Waals surface area contributed by atoms with Crippen LogP contribution < -0.4 is 0 Å². The van der Waals surface area contributed by atoms with Gasteiger partial charge in [-0.05, 0) is 18.7 Å². The first-order valence-electron chi connectivity index (χ1n) is 4.31. The third-order valence-corrected chi connectivity index (χ3v) is 2.94. The van der Waals surface area contributed by atoms with Crippen LogP contribution in [0.15, 0.2) is 4.90 Å². The standard InChI is InChI=1S/C10H9F3O2S/c1-4-5(3-6(14)15)8(12)9(13)10(16-2)7(4)11/h3H2,1-2H3,(H,14,15). The molecular formula is C10H9F3O2S. The number of benzene rings is 1. The molecule has 1 N–H and O–H groups in total. The van der Waals surface area contributed by atoms with E-state index in [0.29, 0.717) is 0 Å². The predicted molar refractivity (Wildman–Crippen MR) is 54.2 cm³/mol. The number of hydrogen-bond acceptors (Lipinski definition) is 2. The van der Waals surface area contributed by atoms with Gasteiger partial charge < -0.3 is 5.11 Å². The molecule has 0 fully saturated rings. The predicted octanol–water partition coefficient (Wildman–Crippen LogP) is 2.76. The number of carbonyl (C=O) groups is 1. The maximum absolute atomic E-state index is 13.5. The largest absolute Gasteiger partial charge is 0.481 e.